The van der Waals surface area contributed by atoms with Crippen LogP contribution in [0.4, 0.5) is 0 Å². The number of piperazine rings is 1. The van der Waals surface area contributed by atoms with Crippen molar-refractivity contribution in [3.05, 3.63) is 0 Å². The molecule has 116 valence electrons. The Morgan fingerprint density at radius 3 is 1.80 bits per heavy atom. The van der Waals surface area contributed by atoms with Crippen molar-refractivity contribution < 1.29 is 9.59 Å². The van der Waals surface area contributed by atoms with Crippen LogP contribution in [0.2, 0.25) is 0 Å². The van der Waals surface area contributed by atoms with Gasteiger partial charge < -0.3 is 9.80 Å². The molecular weight excluding hydrogens is 254 g/mol. The van der Waals surface area contributed by atoms with E-state index in [-0.39, 0.29) is 11.8 Å². The van der Waals surface area contributed by atoms with E-state index in [1.807, 2.05) is 9.80 Å². The third-order valence-corrected chi connectivity index (χ3v) is 3.64. The summed E-state index contributed by atoms with van der Waals surface area (Å²) in [5.41, 5.74) is 0. The first-order valence-electron chi connectivity index (χ1n) is 7.84. The van der Waals surface area contributed by atoms with E-state index < -0.39 is 0 Å². The lowest BCUT2D eigenvalue weighted by atomic mass is 10.3. The average Bonchev–Trinajstić information content (AvgIpc) is 2.94. The molecule has 5 heteroatoms. The molecule has 5 nitrogen and oxygen atoms in total. The van der Waals surface area contributed by atoms with Gasteiger partial charge in [0.25, 0.3) is 0 Å². The third kappa shape index (κ3) is 5.49. The van der Waals surface area contributed by atoms with Gasteiger partial charge in [0.1, 0.15) is 0 Å². The lowest BCUT2D eigenvalue weighted by Gasteiger charge is -2.34. The first kappa shape index (κ1) is 17.0. The summed E-state index contributed by atoms with van der Waals surface area (Å²) < 4.78 is 0. The normalized spacial score (nSPS) is 19.6. The topological polar surface area (TPSA) is 43.9 Å². The third-order valence-electron chi connectivity index (χ3n) is 3.64. The number of rotatable bonds is 2. The van der Waals surface area contributed by atoms with Gasteiger partial charge in [-0.15, -0.1) is 0 Å². The zero-order valence-electron chi connectivity index (χ0n) is 13.2. The van der Waals surface area contributed by atoms with Crippen LogP contribution in [0.3, 0.4) is 0 Å². The van der Waals surface area contributed by atoms with E-state index >= 15 is 0 Å². The summed E-state index contributed by atoms with van der Waals surface area (Å²) >= 11 is 0. The summed E-state index contributed by atoms with van der Waals surface area (Å²) in [6.45, 7) is 11.4. The van der Waals surface area contributed by atoms with Gasteiger partial charge in [0.2, 0.25) is 11.8 Å². The average molecular weight is 283 g/mol. The van der Waals surface area contributed by atoms with E-state index in [4.69, 9.17) is 0 Å². The van der Waals surface area contributed by atoms with Crippen LogP contribution in [0.1, 0.15) is 40.0 Å². The number of carbonyl (C=O) groups is 2. The van der Waals surface area contributed by atoms with Crippen molar-refractivity contribution in [1.29, 1.82) is 0 Å². The Morgan fingerprint density at radius 1 is 0.850 bits per heavy atom. The summed E-state index contributed by atoms with van der Waals surface area (Å²) in [6, 6.07) is 0. The Bertz CT molecular complexity index is 306. The molecule has 0 aromatic carbocycles. The minimum absolute atomic E-state index is 0.135. The molecule has 2 fully saturated rings. The molecule has 0 N–H and O–H groups in total. The van der Waals surface area contributed by atoms with Crippen molar-refractivity contribution in [3.8, 4) is 0 Å². The lowest BCUT2D eigenvalue weighted by molar-refractivity contribution is -0.133. The molecule has 20 heavy (non-hydrogen) atoms. The Kier molecular flexibility index (Phi) is 7.59. The number of hydrogen-bond acceptors (Lipinski definition) is 3. The maximum Gasteiger partial charge on any atom is 0.236 e. The molecule has 2 aliphatic heterocycles. The van der Waals surface area contributed by atoms with Gasteiger partial charge in [-0.25, -0.2) is 0 Å². The van der Waals surface area contributed by atoms with Crippen LogP contribution in [0.25, 0.3) is 0 Å². The van der Waals surface area contributed by atoms with Crippen molar-refractivity contribution in [2.75, 3.05) is 45.8 Å². The standard InChI is InChI=1S/C12H21N3O2.C3H8/c1-11(16)14-8-6-13(7-9-14)10-12(17)15-4-2-3-5-15;1-3-2/h2-10H2,1H3;3H2,1-2H3. The maximum absolute atomic E-state index is 11.9. The fourth-order valence-electron chi connectivity index (χ4n) is 2.48. The van der Waals surface area contributed by atoms with Crippen molar-refractivity contribution in [2.45, 2.75) is 40.0 Å². The van der Waals surface area contributed by atoms with E-state index in [0.29, 0.717) is 6.54 Å². The molecule has 2 saturated heterocycles. The zero-order valence-corrected chi connectivity index (χ0v) is 13.2. The Morgan fingerprint density at radius 2 is 1.35 bits per heavy atom. The fraction of sp³-hybridized carbons (Fsp3) is 0.867. The maximum atomic E-state index is 11.9. The molecular formula is C15H29N3O2. The molecule has 2 aliphatic rings. The number of hydrogen-bond donors (Lipinski definition) is 0. The molecule has 2 heterocycles. The number of carbonyl (C=O) groups excluding carboxylic acids is 2. The van der Waals surface area contributed by atoms with Crippen LogP contribution < -0.4 is 0 Å². The van der Waals surface area contributed by atoms with Crippen molar-refractivity contribution in [3.63, 3.8) is 0 Å². The Balaban J connectivity index is 0.000000612. The van der Waals surface area contributed by atoms with Crippen LogP contribution in [-0.2, 0) is 9.59 Å². The van der Waals surface area contributed by atoms with Crippen LogP contribution in [0.5, 0.6) is 0 Å². The summed E-state index contributed by atoms with van der Waals surface area (Å²) in [5, 5.41) is 0. The van der Waals surface area contributed by atoms with E-state index in [1.54, 1.807) is 6.92 Å². The van der Waals surface area contributed by atoms with Gasteiger partial charge in [0.15, 0.2) is 0 Å². The van der Waals surface area contributed by atoms with Crippen molar-refractivity contribution in [1.82, 2.24) is 14.7 Å². The van der Waals surface area contributed by atoms with Crippen LogP contribution >= 0.6 is 0 Å². The van der Waals surface area contributed by atoms with E-state index in [9.17, 15) is 9.59 Å². The number of likely N-dealkylation sites (tertiary alicyclic amines) is 1. The molecule has 0 aromatic heterocycles. The molecule has 0 spiro atoms. The Hall–Kier alpha value is -1.10. The monoisotopic (exact) mass is 283 g/mol. The van der Waals surface area contributed by atoms with E-state index in [0.717, 1.165) is 52.1 Å². The second-order valence-corrected chi connectivity index (χ2v) is 5.58. The minimum Gasteiger partial charge on any atom is -0.342 e. The first-order valence-corrected chi connectivity index (χ1v) is 7.84. The summed E-state index contributed by atoms with van der Waals surface area (Å²) in [4.78, 5) is 29.1. The molecule has 2 rings (SSSR count). The number of amides is 2. The molecule has 0 bridgehead atoms. The molecule has 2 amide bonds. The Labute approximate surface area is 122 Å². The van der Waals surface area contributed by atoms with Gasteiger partial charge in [-0.05, 0) is 12.8 Å². The molecule has 0 aromatic rings. The predicted molar refractivity (Wildman–Crippen MR) is 80.5 cm³/mol. The van der Waals surface area contributed by atoms with Crippen molar-refractivity contribution in [2.24, 2.45) is 0 Å². The van der Waals surface area contributed by atoms with Gasteiger partial charge in [-0.2, -0.15) is 0 Å². The molecule has 0 radical (unpaired) electrons. The highest BCUT2D eigenvalue weighted by Crippen LogP contribution is 2.09. The van der Waals surface area contributed by atoms with Gasteiger partial charge in [0.05, 0.1) is 6.54 Å². The molecule has 0 atom stereocenters. The number of nitrogens with zero attached hydrogens (tertiary/aromatic N) is 3. The molecule has 0 saturated carbocycles. The minimum atomic E-state index is 0.135. The highest BCUT2D eigenvalue weighted by atomic mass is 16.2. The summed E-state index contributed by atoms with van der Waals surface area (Å²) in [7, 11) is 0. The molecule has 0 unspecified atom stereocenters. The molecule has 0 aliphatic carbocycles. The lowest BCUT2D eigenvalue weighted by Crippen LogP contribution is -2.50. The van der Waals surface area contributed by atoms with Crippen LogP contribution in [0.15, 0.2) is 0 Å². The summed E-state index contributed by atoms with van der Waals surface area (Å²) in [6.07, 6.45) is 3.54. The smallest absolute Gasteiger partial charge is 0.236 e. The van der Waals surface area contributed by atoms with Crippen LogP contribution in [0, 0.1) is 0 Å². The SMILES string of the molecule is CC(=O)N1CCN(CC(=O)N2CCCC2)CC1.CCC. The quantitative estimate of drug-likeness (QED) is 0.764. The second kappa shape index (κ2) is 8.95. The van der Waals surface area contributed by atoms with Gasteiger partial charge in [-0.3, -0.25) is 14.5 Å². The van der Waals surface area contributed by atoms with E-state index in [2.05, 4.69) is 18.7 Å². The predicted octanol–water partition coefficient (Wildman–Crippen LogP) is 1.19. The first-order chi connectivity index (χ1) is 9.58. The van der Waals surface area contributed by atoms with Crippen molar-refractivity contribution >= 4 is 11.8 Å². The zero-order chi connectivity index (χ0) is 15.0. The highest BCUT2D eigenvalue weighted by Gasteiger charge is 2.23. The van der Waals surface area contributed by atoms with Gasteiger partial charge in [-0.1, -0.05) is 20.3 Å². The fourth-order valence-corrected chi connectivity index (χ4v) is 2.48. The summed E-state index contributed by atoms with van der Waals surface area (Å²) in [5.74, 6) is 0.384. The van der Waals surface area contributed by atoms with Gasteiger partial charge >= 0.3 is 0 Å². The largest absolute Gasteiger partial charge is 0.342 e. The van der Waals surface area contributed by atoms with E-state index in [1.165, 1.54) is 6.42 Å². The second-order valence-electron chi connectivity index (χ2n) is 5.58. The van der Waals surface area contributed by atoms with Crippen LogP contribution in [-0.4, -0.2) is 72.3 Å². The highest BCUT2D eigenvalue weighted by molar-refractivity contribution is 5.78. The van der Waals surface area contributed by atoms with Gasteiger partial charge in [0, 0.05) is 46.2 Å².